The Hall–Kier alpha value is -0.770. The molecule has 2 unspecified atom stereocenters. The van der Waals surface area contributed by atoms with Crippen molar-refractivity contribution in [3.8, 4) is 0 Å². The summed E-state index contributed by atoms with van der Waals surface area (Å²) in [6.45, 7) is 10.3. The number of rotatable bonds is 2. The minimum absolute atomic E-state index is 0.0562. The lowest BCUT2D eigenvalue weighted by atomic mass is 9.84. The lowest BCUT2D eigenvalue weighted by Crippen LogP contribution is -2.46. The highest BCUT2D eigenvalue weighted by Crippen LogP contribution is 2.42. The van der Waals surface area contributed by atoms with E-state index >= 15 is 0 Å². The Bertz CT molecular complexity index is 317. The maximum Gasteiger partial charge on any atom is 0.410 e. The highest BCUT2D eigenvalue weighted by Gasteiger charge is 2.51. The standard InChI is InChI=1S/C14H25NO3/c1-5-14(10-17-14)11-7-6-8-15(9-11)12(16)18-13(2,3)4/h11H,5-10H2,1-4H3. The Labute approximate surface area is 110 Å². The second kappa shape index (κ2) is 4.72. The van der Waals surface area contributed by atoms with Gasteiger partial charge in [0.15, 0.2) is 0 Å². The molecule has 0 bridgehead atoms. The maximum atomic E-state index is 12.1. The molecule has 0 spiro atoms. The smallest absolute Gasteiger partial charge is 0.410 e. The van der Waals surface area contributed by atoms with Crippen molar-refractivity contribution in [2.45, 2.75) is 58.2 Å². The first-order valence-corrected chi connectivity index (χ1v) is 6.98. The first-order chi connectivity index (χ1) is 8.36. The van der Waals surface area contributed by atoms with Crippen LogP contribution in [0.25, 0.3) is 0 Å². The van der Waals surface area contributed by atoms with Gasteiger partial charge in [-0.1, -0.05) is 6.92 Å². The Morgan fingerprint density at radius 2 is 2.17 bits per heavy atom. The number of hydrogen-bond donors (Lipinski definition) is 0. The monoisotopic (exact) mass is 255 g/mol. The summed E-state index contributed by atoms with van der Waals surface area (Å²) in [5.41, 5.74) is -0.358. The van der Waals surface area contributed by atoms with Gasteiger partial charge < -0.3 is 14.4 Å². The van der Waals surface area contributed by atoms with Gasteiger partial charge in [-0.2, -0.15) is 0 Å². The van der Waals surface area contributed by atoms with E-state index in [-0.39, 0.29) is 11.7 Å². The van der Waals surface area contributed by atoms with Crippen molar-refractivity contribution < 1.29 is 14.3 Å². The molecule has 0 aromatic heterocycles. The lowest BCUT2D eigenvalue weighted by Gasteiger charge is -2.36. The molecular weight excluding hydrogens is 230 g/mol. The van der Waals surface area contributed by atoms with E-state index < -0.39 is 5.60 Å². The molecule has 2 fully saturated rings. The third-order valence-corrected chi connectivity index (χ3v) is 3.93. The van der Waals surface area contributed by atoms with E-state index in [4.69, 9.17) is 9.47 Å². The number of nitrogens with zero attached hydrogens (tertiary/aromatic N) is 1. The number of carbonyl (C=O) groups is 1. The number of likely N-dealkylation sites (tertiary alicyclic amines) is 1. The average molecular weight is 255 g/mol. The van der Waals surface area contributed by atoms with Gasteiger partial charge in [-0.25, -0.2) is 4.79 Å². The van der Waals surface area contributed by atoms with Gasteiger partial charge in [0.25, 0.3) is 0 Å². The molecule has 18 heavy (non-hydrogen) atoms. The van der Waals surface area contributed by atoms with Crippen molar-refractivity contribution in [3.05, 3.63) is 0 Å². The molecule has 0 aromatic rings. The van der Waals surface area contributed by atoms with Gasteiger partial charge in [0.05, 0.1) is 12.2 Å². The summed E-state index contributed by atoms with van der Waals surface area (Å²) in [6.07, 6.45) is 3.07. The molecule has 2 aliphatic heterocycles. The summed E-state index contributed by atoms with van der Waals surface area (Å²) in [6, 6.07) is 0. The summed E-state index contributed by atoms with van der Waals surface area (Å²) in [5.74, 6) is 0.476. The van der Waals surface area contributed by atoms with Crippen LogP contribution in [0.15, 0.2) is 0 Å². The fourth-order valence-electron chi connectivity index (χ4n) is 2.72. The van der Waals surface area contributed by atoms with Crippen molar-refractivity contribution in [3.63, 3.8) is 0 Å². The molecule has 4 heteroatoms. The number of carbonyl (C=O) groups excluding carboxylic acids is 1. The van der Waals surface area contributed by atoms with Gasteiger partial charge in [0, 0.05) is 19.0 Å². The fraction of sp³-hybridized carbons (Fsp3) is 0.929. The van der Waals surface area contributed by atoms with Crippen LogP contribution in [0.5, 0.6) is 0 Å². The lowest BCUT2D eigenvalue weighted by molar-refractivity contribution is 0.0106. The van der Waals surface area contributed by atoms with E-state index in [1.165, 1.54) is 0 Å². The second-order valence-electron chi connectivity index (χ2n) is 6.47. The van der Waals surface area contributed by atoms with Gasteiger partial charge in [0.1, 0.15) is 5.60 Å². The maximum absolute atomic E-state index is 12.1. The zero-order valence-electron chi connectivity index (χ0n) is 12.0. The van der Waals surface area contributed by atoms with Crippen LogP contribution in [0, 0.1) is 5.92 Å². The molecule has 0 radical (unpaired) electrons. The van der Waals surface area contributed by atoms with Crippen molar-refractivity contribution in [1.29, 1.82) is 0 Å². The number of ether oxygens (including phenoxy) is 2. The van der Waals surface area contributed by atoms with Gasteiger partial charge in [0.2, 0.25) is 0 Å². The Morgan fingerprint density at radius 3 is 2.67 bits per heavy atom. The highest BCUT2D eigenvalue weighted by atomic mass is 16.6. The molecule has 4 nitrogen and oxygen atoms in total. The molecule has 0 aliphatic carbocycles. The summed E-state index contributed by atoms with van der Waals surface area (Å²) in [5, 5.41) is 0. The number of piperidine rings is 1. The van der Waals surface area contributed by atoms with Crippen LogP contribution in [0.4, 0.5) is 4.79 Å². The van der Waals surface area contributed by atoms with Gasteiger partial charge in [-0.05, 0) is 40.0 Å². The fourth-order valence-corrected chi connectivity index (χ4v) is 2.72. The van der Waals surface area contributed by atoms with Gasteiger partial charge in [-0.3, -0.25) is 0 Å². The first kappa shape index (κ1) is 13.7. The summed E-state index contributed by atoms with van der Waals surface area (Å²) < 4.78 is 11.1. The molecule has 2 heterocycles. The summed E-state index contributed by atoms with van der Waals surface area (Å²) in [4.78, 5) is 13.9. The van der Waals surface area contributed by atoms with Crippen LogP contribution in [-0.4, -0.2) is 41.9 Å². The van der Waals surface area contributed by atoms with E-state index in [2.05, 4.69) is 6.92 Å². The molecule has 0 aromatic carbocycles. The van der Waals surface area contributed by atoms with Crippen molar-refractivity contribution in [1.82, 2.24) is 4.90 Å². The molecule has 2 atom stereocenters. The average Bonchev–Trinajstić information content (AvgIpc) is 3.08. The molecule has 1 amide bonds. The Morgan fingerprint density at radius 1 is 1.50 bits per heavy atom. The van der Waals surface area contributed by atoms with Crippen LogP contribution in [0.2, 0.25) is 0 Å². The van der Waals surface area contributed by atoms with E-state index in [0.717, 1.165) is 39.0 Å². The third kappa shape index (κ3) is 2.97. The van der Waals surface area contributed by atoms with E-state index in [9.17, 15) is 4.79 Å². The normalized spacial score (nSPS) is 32.2. The van der Waals surface area contributed by atoms with Crippen LogP contribution >= 0.6 is 0 Å². The molecule has 0 N–H and O–H groups in total. The molecule has 2 rings (SSSR count). The van der Waals surface area contributed by atoms with Crippen LogP contribution in [0.3, 0.4) is 0 Å². The SMILES string of the molecule is CCC1(C2CCCN(C(=O)OC(C)(C)C)C2)CO1. The largest absolute Gasteiger partial charge is 0.444 e. The summed E-state index contributed by atoms with van der Waals surface area (Å²) >= 11 is 0. The number of epoxide rings is 1. The quantitative estimate of drug-likeness (QED) is 0.712. The number of amides is 1. The van der Waals surface area contributed by atoms with Crippen molar-refractivity contribution >= 4 is 6.09 Å². The second-order valence-corrected chi connectivity index (χ2v) is 6.47. The Kier molecular flexibility index (Phi) is 3.58. The van der Waals surface area contributed by atoms with E-state index in [0.29, 0.717) is 5.92 Å². The van der Waals surface area contributed by atoms with Crippen molar-refractivity contribution in [2.24, 2.45) is 5.92 Å². The molecule has 2 saturated heterocycles. The molecule has 0 saturated carbocycles. The third-order valence-electron chi connectivity index (χ3n) is 3.93. The molecular formula is C14H25NO3. The zero-order valence-corrected chi connectivity index (χ0v) is 12.0. The summed E-state index contributed by atoms with van der Waals surface area (Å²) in [7, 11) is 0. The van der Waals surface area contributed by atoms with E-state index in [1.807, 2.05) is 25.7 Å². The zero-order chi connectivity index (χ0) is 13.4. The van der Waals surface area contributed by atoms with Crippen LogP contribution < -0.4 is 0 Å². The molecule has 104 valence electrons. The topological polar surface area (TPSA) is 42.1 Å². The minimum atomic E-state index is -0.414. The van der Waals surface area contributed by atoms with Crippen LogP contribution in [-0.2, 0) is 9.47 Å². The van der Waals surface area contributed by atoms with Crippen LogP contribution in [0.1, 0.15) is 47.0 Å². The van der Waals surface area contributed by atoms with Gasteiger partial charge >= 0.3 is 6.09 Å². The van der Waals surface area contributed by atoms with Crippen molar-refractivity contribution in [2.75, 3.05) is 19.7 Å². The Balaban J connectivity index is 1.93. The van der Waals surface area contributed by atoms with Gasteiger partial charge in [-0.15, -0.1) is 0 Å². The predicted octanol–water partition coefficient (Wildman–Crippen LogP) is 2.81. The van der Waals surface area contributed by atoms with E-state index in [1.54, 1.807) is 0 Å². The number of hydrogen-bond acceptors (Lipinski definition) is 3. The molecule has 2 aliphatic rings. The highest BCUT2D eigenvalue weighted by molar-refractivity contribution is 5.68. The predicted molar refractivity (Wildman–Crippen MR) is 69.5 cm³/mol. The first-order valence-electron chi connectivity index (χ1n) is 6.98. The minimum Gasteiger partial charge on any atom is -0.444 e.